The third-order valence-electron chi connectivity index (χ3n) is 7.20. The fraction of sp³-hybridized carbons (Fsp3) is 0.571. The lowest BCUT2D eigenvalue weighted by Crippen LogP contribution is -3.15. The van der Waals surface area contributed by atoms with Gasteiger partial charge in [-0.05, 0) is 30.4 Å². The Hall–Kier alpha value is -1.85. The normalized spacial score (nSPS) is 36.1. The number of carbonyl (C=O) groups excluding carboxylic acids is 1. The van der Waals surface area contributed by atoms with Gasteiger partial charge in [-0.2, -0.15) is 0 Å². The summed E-state index contributed by atoms with van der Waals surface area (Å²) >= 11 is 0. The zero-order valence-corrected chi connectivity index (χ0v) is 15.2. The molecule has 5 rings (SSSR count). The molecule has 3 aliphatic rings. The number of H-pyrrole nitrogens is 1. The Labute approximate surface area is 153 Å². The van der Waals surface area contributed by atoms with Gasteiger partial charge in [0.05, 0.1) is 37.9 Å². The van der Waals surface area contributed by atoms with Crippen LogP contribution in [0.3, 0.4) is 0 Å². The number of fused-ring (bicyclic) bond motifs is 6. The van der Waals surface area contributed by atoms with E-state index in [2.05, 4.69) is 29.2 Å². The SMILES string of the molecule is COC(=O)[C@@H]1[C@H]2C[C@@H]3c4[nH]c5ccccc5c4CC[NH+]3C[C@@H]2CC[C@@H]1O. The van der Waals surface area contributed by atoms with Gasteiger partial charge in [-0.15, -0.1) is 0 Å². The molecule has 138 valence electrons. The van der Waals surface area contributed by atoms with E-state index in [4.69, 9.17) is 4.74 Å². The van der Waals surface area contributed by atoms with Crippen molar-refractivity contribution in [1.82, 2.24) is 4.98 Å². The first-order valence-electron chi connectivity index (χ1n) is 9.87. The Bertz CT molecular complexity index is 845. The van der Waals surface area contributed by atoms with Gasteiger partial charge in [-0.25, -0.2) is 0 Å². The van der Waals surface area contributed by atoms with Gasteiger partial charge in [0.25, 0.3) is 0 Å². The number of piperidine rings is 1. The molecule has 3 N–H and O–H groups in total. The summed E-state index contributed by atoms with van der Waals surface area (Å²) < 4.78 is 5.05. The van der Waals surface area contributed by atoms with E-state index in [1.807, 2.05) is 0 Å². The van der Waals surface area contributed by atoms with Crippen LogP contribution in [0.15, 0.2) is 24.3 Å². The maximum Gasteiger partial charge on any atom is 0.311 e. The third kappa shape index (κ3) is 2.33. The number of nitrogens with one attached hydrogen (secondary N) is 2. The number of aromatic nitrogens is 1. The van der Waals surface area contributed by atoms with Crippen molar-refractivity contribution in [2.24, 2.45) is 17.8 Å². The minimum absolute atomic E-state index is 0.220. The van der Waals surface area contributed by atoms with Crippen molar-refractivity contribution >= 4 is 16.9 Å². The number of aliphatic hydroxyl groups is 1. The van der Waals surface area contributed by atoms with Gasteiger partial charge in [0.2, 0.25) is 0 Å². The molecule has 2 aliphatic heterocycles. The monoisotopic (exact) mass is 355 g/mol. The summed E-state index contributed by atoms with van der Waals surface area (Å²) in [4.78, 5) is 17.7. The zero-order valence-electron chi connectivity index (χ0n) is 15.2. The number of quaternary nitrogens is 1. The van der Waals surface area contributed by atoms with E-state index in [1.54, 1.807) is 4.90 Å². The molecule has 0 spiro atoms. The highest BCUT2D eigenvalue weighted by atomic mass is 16.5. The first kappa shape index (κ1) is 16.3. The molecule has 0 amide bonds. The number of hydrogen-bond donors (Lipinski definition) is 3. The summed E-state index contributed by atoms with van der Waals surface area (Å²) in [7, 11) is 1.44. The van der Waals surface area contributed by atoms with Crippen LogP contribution < -0.4 is 4.90 Å². The molecule has 1 aliphatic carbocycles. The van der Waals surface area contributed by atoms with E-state index in [1.165, 1.54) is 29.3 Å². The number of methoxy groups -OCH3 is 1. The van der Waals surface area contributed by atoms with Gasteiger partial charge in [0.1, 0.15) is 6.04 Å². The molecular formula is C21H27N2O3+. The quantitative estimate of drug-likeness (QED) is 0.674. The zero-order chi connectivity index (χ0) is 17.8. The lowest BCUT2D eigenvalue weighted by Gasteiger charge is -2.48. The fourth-order valence-electron chi connectivity index (χ4n) is 6.01. The maximum atomic E-state index is 12.4. The standard InChI is InChI=1S/C21H26N2O3/c1-26-21(25)19-15-10-17-20-14(13-4-2-3-5-16(13)22-20)8-9-23(17)11-12(15)6-7-18(19)24/h2-5,12,15,17-19,22,24H,6-11H2,1H3/p+1/t12-,15-,17+,18-,19+/m0/s1. The average molecular weight is 355 g/mol. The lowest BCUT2D eigenvalue weighted by molar-refractivity contribution is -0.945. The van der Waals surface area contributed by atoms with E-state index in [-0.39, 0.29) is 17.8 Å². The summed E-state index contributed by atoms with van der Waals surface area (Å²) in [5.41, 5.74) is 4.03. The number of aliphatic hydroxyl groups excluding tert-OH is 1. The van der Waals surface area contributed by atoms with E-state index >= 15 is 0 Å². The van der Waals surface area contributed by atoms with E-state index in [0.717, 1.165) is 38.8 Å². The Morgan fingerprint density at radius 2 is 2.15 bits per heavy atom. The van der Waals surface area contributed by atoms with E-state index in [0.29, 0.717) is 12.0 Å². The summed E-state index contributed by atoms with van der Waals surface area (Å²) in [5.74, 6) is 0.135. The highest BCUT2D eigenvalue weighted by molar-refractivity contribution is 5.85. The summed E-state index contributed by atoms with van der Waals surface area (Å²) in [5, 5.41) is 11.8. The molecule has 1 aromatic carbocycles. The van der Waals surface area contributed by atoms with Gasteiger partial charge in [-0.3, -0.25) is 4.79 Å². The van der Waals surface area contributed by atoms with Crippen LogP contribution in [-0.4, -0.2) is 42.4 Å². The van der Waals surface area contributed by atoms with Crippen molar-refractivity contribution in [1.29, 1.82) is 0 Å². The van der Waals surface area contributed by atoms with Crippen molar-refractivity contribution in [2.45, 2.75) is 37.8 Å². The van der Waals surface area contributed by atoms with Gasteiger partial charge in [0, 0.05) is 29.7 Å². The number of hydrogen-bond acceptors (Lipinski definition) is 3. The number of para-hydroxylation sites is 1. The molecular weight excluding hydrogens is 328 g/mol. The van der Waals surface area contributed by atoms with Crippen molar-refractivity contribution in [3.8, 4) is 0 Å². The molecule has 1 unspecified atom stereocenters. The second kappa shape index (κ2) is 6.10. The molecule has 1 saturated carbocycles. The van der Waals surface area contributed by atoms with E-state index in [9.17, 15) is 9.90 Å². The van der Waals surface area contributed by atoms with Crippen LogP contribution in [0.5, 0.6) is 0 Å². The summed E-state index contributed by atoms with van der Waals surface area (Å²) in [6.45, 7) is 2.26. The van der Waals surface area contributed by atoms with Crippen LogP contribution in [-0.2, 0) is 16.0 Å². The minimum Gasteiger partial charge on any atom is -0.469 e. The lowest BCUT2D eigenvalue weighted by atomic mass is 9.65. The smallest absolute Gasteiger partial charge is 0.311 e. The molecule has 0 radical (unpaired) electrons. The highest BCUT2D eigenvalue weighted by Gasteiger charge is 2.51. The Morgan fingerprint density at radius 3 is 3.00 bits per heavy atom. The first-order valence-corrected chi connectivity index (χ1v) is 9.87. The molecule has 3 heterocycles. The molecule has 5 nitrogen and oxygen atoms in total. The Morgan fingerprint density at radius 1 is 1.31 bits per heavy atom. The fourth-order valence-corrected chi connectivity index (χ4v) is 6.01. The van der Waals surface area contributed by atoms with Crippen LogP contribution in [0, 0.1) is 17.8 Å². The van der Waals surface area contributed by atoms with Crippen LogP contribution >= 0.6 is 0 Å². The number of esters is 1. The second-order valence-corrected chi connectivity index (χ2v) is 8.33. The number of rotatable bonds is 1. The van der Waals surface area contributed by atoms with E-state index < -0.39 is 6.10 Å². The van der Waals surface area contributed by atoms with Crippen LogP contribution in [0.4, 0.5) is 0 Å². The Balaban J connectivity index is 1.52. The molecule has 2 aromatic rings. The van der Waals surface area contributed by atoms with Gasteiger partial charge in [0.15, 0.2) is 0 Å². The highest BCUT2D eigenvalue weighted by Crippen LogP contribution is 2.43. The summed E-state index contributed by atoms with van der Waals surface area (Å²) in [6.07, 6.45) is 3.25. The molecule has 6 atom stereocenters. The maximum absolute atomic E-state index is 12.4. The molecule has 5 heteroatoms. The molecule has 1 saturated heterocycles. The van der Waals surface area contributed by atoms with Gasteiger partial charge in [-0.1, -0.05) is 18.2 Å². The molecule has 26 heavy (non-hydrogen) atoms. The number of carbonyl (C=O) groups is 1. The van der Waals surface area contributed by atoms with Crippen molar-refractivity contribution in [3.63, 3.8) is 0 Å². The number of aromatic amines is 1. The van der Waals surface area contributed by atoms with Crippen LogP contribution in [0.1, 0.15) is 36.6 Å². The first-order chi connectivity index (χ1) is 12.7. The second-order valence-electron chi connectivity index (χ2n) is 8.33. The van der Waals surface area contributed by atoms with Crippen molar-refractivity contribution in [2.75, 3.05) is 20.2 Å². The number of benzene rings is 1. The predicted octanol–water partition coefficient (Wildman–Crippen LogP) is 1.23. The summed E-state index contributed by atoms with van der Waals surface area (Å²) in [6, 6.07) is 8.95. The molecule has 2 fully saturated rings. The van der Waals surface area contributed by atoms with Gasteiger partial charge < -0.3 is 19.7 Å². The topological polar surface area (TPSA) is 66.8 Å². The van der Waals surface area contributed by atoms with Crippen LogP contribution in [0.25, 0.3) is 10.9 Å². The predicted molar refractivity (Wildman–Crippen MR) is 97.8 cm³/mol. The van der Waals surface area contributed by atoms with Crippen molar-refractivity contribution < 1.29 is 19.5 Å². The van der Waals surface area contributed by atoms with Crippen molar-refractivity contribution in [3.05, 3.63) is 35.5 Å². The average Bonchev–Trinajstić information content (AvgIpc) is 3.05. The molecule has 0 bridgehead atoms. The molecule has 1 aromatic heterocycles. The minimum atomic E-state index is -0.559. The van der Waals surface area contributed by atoms with Gasteiger partial charge >= 0.3 is 5.97 Å². The third-order valence-corrected chi connectivity index (χ3v) is 7.20. The Kier molecular flexibility index (Phi) is 3.83. The van der Waals surface area contributed by atoms with Crippen LogP contribution in [0.2, 0.25) is 0 Å². The number of ether oxygens (including phenoxy) is 1. The largest absolute Gasteiger partial charge is 0.469 e.